The van der Waals surface area contributed by atoms with Crippen LogP contribution >= 0.6 is 0 Å². The summed E-state index contributed by atoms with van der Waals surface area (Å²) in [6, 6.07) is 8.83. The second-order valence-corrected chi connectivity index (χ2v) is 14.9. The minimum absolute atomic E-state index is 0.0217. The molecule has 3 aliphatic carbocycles. The van der Waals surface area contributed by atoms with Crippen LogP contribution in [0.1, 0.15) is 98.4 Å². The fourth-order valence-electron chi connectivity index (χ4n) is 9.43. The molecule has 2 bridgehead atoms. The topological polar surface area (TPSA) is 99.1 Å². The molecule has 10 atom stereocenters. The SMILES string of the molecule is CC(=O)OC12COC1C[C@H](C)[C@@]1(C)C(=O)C[C@H](C)CC3=C(C)[C@@H](C)C(C)[C@@](O)(C(OC(=O)c4ccccc4)CC21)C3(C)C. The lowest BCUT2D eigenvalue weighted by molar-refractivity contribution is -0.317. The standard InChI is InChI=1S/C36H50O7/c1-20-15-27-23(4)22(3)24(5)36(40,33(27,7)8)31(42-32(39)26-13-11-10-12-14-26)18-28-34(9,29(38)16-20)21(2)17-30-35(28,19-41-30)43-25(6)37/h10-14,20-22,24,28,30-31,40H,15-19H2,1-9H3/t20-,21+,22-,24?,28?,30?,31?,34-,35?,36-/m1/s1. The van der Waals surface area contributed by atoms with Crippen molar-refractivity contribution in [1.29, 1.82) is 0 Å². The Labute approximate surface area is 256 Å². The van der Waals surface area contributed by atoms with Crippen LogP contribution in [-0.4, -0.2) is 52.8 Å². The summed E-state index contributed by atoms with van der Waals surface area (Å²) in [5.74, 6) is -1.64. The average Bonchev–Trinajstić information content (AvgIpc) is 2.95. The number of rotatable bonds is 3. The summed E-state index contributed by atoms with van der Waals surface area (Å²) in [4.78, 5) is 41.0. The zero-order chi connectivity index (χ0) is 31.7. The largest absolute Gasteiger partial charge is 0.456 e. The van der Waals surface area contributed by atoms with Crippen molar-refractivity contribution in [3.8, 4) is 0 Å². The molecule has 1 saturated heterocycles. The van der Waals surface area contributed by atoms with Gasteiger partial charge in [0.05, 0.1) is 12.2 Å². The molecular formula is C36H50O7. The molecule has 2 saturated carbocycles. The molecule has 7 heteroatoms. The number of hydrogen-bond donors (Lipinski definition) is 1. The zero-order valence-corrected chi connectivity index (χ0v) is 27.4. The Balaban J connectivity index is 1.76. The molecular weight excluding hydrogens is 544 g/mol. The number of aliphatic hydroxyl groups is 1. The van der Waals surface area contributed by atoms with Gasteiger partial charge in [-0.25, -0.2) is 4.79 Å². The van der Waals surface area contributed by atoms with E-state index in [2.05, 4.69) is 41.5 Å². The normalized spacial score (nSPS) is 42.5. The van der Waals surface area contributed by atoms with Crippen LogP contribution in [0.5, 0.6) is 0 Å². The molecule has 1 heterocycles. The lowest BCUT2D eigenvalue weighted by atomic mass is 9.48. The molecule has 1 aliphatic heterocycles. The van der Waals surface area contributed by atoms with Gasteiger partial charge < -0.3 is 19.3 Å². The highest BCUT2D eigenvalue weighted by Gasteiger charge is 2.71. The van der Waals surface area contributed by atoms with Crippen LogP contribution in [0.3, 0.4) is 0 Å². The predicted octanol–water partition coefficient (Wildman–Crippen LogP) is 6.32. The number of Topliss-reactive ketones (excluding diaryl/α,β-unsaturated/α-hetero) is 1. The van der Waals surface area contributed by atoms with Gasteiger partial charge in [-0.2, -0.15) is 0 Å². The van der Waals surface area contributed by atoms with Crippen molar-refractivity contribution >= 4 is 17.7 Å². The highest BCUT2D eigenvalue weighted by Crippen LogP contribution is 2.63. The summed E-state index contributed by atoms with van der Waals surface area (Å²) in [7, 11) is 0. The minimum Gasteiger partial charge on any atom is -0.456 e. The Morgan fingerprint density at radius 1 is 1.00 bits per heavy atom. The van der Waals surface area contributed by atoms with Crippen molar-refractivity contribution in [2.75, 3.05) is 6.61 Å². The summed E-state index contributed by atoms with van der Waals surface area (Å²) in [5.41, 5.74) is -1.43. The predicted molar refractivity (Wildman–Crippen MR) is 163 cm³/mol. The Hall–Kier alpha value is -2.51. The molecule has 0 radical (unpaired) electrons. The van der Waals surface area contributed by atoms with Crippen LogP contribution in [0.4, 0.5) is 0 Å². The first kappa shape index (κ1) is 31.9. The molecule has 43 heavy (non-hydrogen) atoms. The summed E-state index contributed by atoms with van der Waals surface area (Å²) >= 11 is 0. The number of benzene rings is 1. The molecule has 7 nitrogen and oxygen atoms in total. The molecule has 0 spiro atoms. The van der Waals surface area contributed by atoms with Gasteiger partial charge in [-0.15, -0.1) is 0 Å². The van der Waals surface area contributed by atoms with E-state index in [1.54, 1.807) is 24.3 Å². The number of ether oxygens (including phenoxy) is 3. The van der Waals surface area contributed by atoms with Crippen LogP contribution in [0.25, 0.3) is 0 Å². The highest BCUT2D eigenvalue weighted by molar-refractivity contribution is 5.89. The summed E-state index contributed by atoms with van der Waals surface area (Å²) < 4.78 is 18.7. The maximum absolute atomic E-state index is 14.6. The molecule has 1 aromatic carbocycles. The van der Waals surface area contributed by atoms with Gasteiger partial charge in [0.15, 0.2) is 5.60 Å². The van der Waals surface area contributed by atoms with Gasteiger partial charge in [0.2, 0.25) is 0 Å². The van der Waals surface area contributed by atoms with Crippen LogP contribution in [-0.2, 0) is 23.8 Å². The smallest absolute Gasteiger partial charge is 0.338 e. The first-order valence-corrected chi connectivity index (χ1v) is 16.0. The van der Waals surface area contributed by atoms with Gasteiger partial charge in [0, 0.05) is 30.1 Å². The number of ketones is 1. The second kappa shape index (κ2) is 10.8. The molecule has 236 valence electrons. The molecule has 1 aromatic rings. The van der Waals surface area contributed by atoms with E-state index < -0.39 is 46.0 Å². The second-order valence-electron chi connectivity index (χ2n) is 14.9. The molecule has 4 aliphatic rings. The van der Waals surface area contributed by atoms with Crippen molar-refractivity contribution in [2.24, 2.45) is 40.4 Å². The quantitative estimate of drug-likeness (QED) is 0.323. The Kier molecular flexibility index (Phi) is 8.04. The summed E-state index contributed by atoms with van der Waals surface area (Å²) in [5, 5.41) is 13.2. The van der Waals surface area contributed by atoms with E-state index in [9.17, 15) is 19.5 Å². The van der Waals surface area contributed by atoms with Crippen LogP contribution < -0.4 is 0 Å². The Morgan fingerprint density at radius 2 is 1.65 bits per heavy atom. The first-order valence-electron chi connectivity index (χ1n) is 16.0. The molecule has 3 fully saturated rings. The van der Waals surface area contributed by atoms with E-state index in [1.807, 2.05) is 19.9 Å². The van der Waals surface area contributed by atoms with Gasteiger partial charge in [-0.3, -0.25) is 9.59 Å². The number of fused-ring (bicyclic) bond motifs is 5. The minimum atomic E-state index is -1.47. The third-order valence-corrected chi connectivity index (χ3v) is 12.5. The molecule has 0 amide bonds. The van der Waals surface area contributed by atoms with Gasteiger partial charge in [0.25, 0.3) is 0 Å². The highest BCUT2D eigenvalue weighted by atomic mass is 16.6. The van der Waals surface area contributed by atoms with Crippen molar-refractivity contribution in [3.63, 3.8) is 0 Å². The Morgan fingerprint density at radius 3 is 2.23 bits per heavy atom. The molecule has 0 aromatic heterocycles. The van der Waals surface area contributed by atoms with Crippen LogP contribution in [0, 0.1) is 40.4 Å². The molecule has 5 unspecified atom stereocenters. The number of esters is 2. The van der Waals surface area contributed by atoms with Gasteiger partial charge in [-0.05, 0) is 62.0 Å². The van der Waals surface area contributed by atoms with Gasteiger partial charge in [0.1, 0.15) is 23.6 Å². The van der Waals surface area contributed by atoms with E-state index in [1.165, 1.54) is 12.5 Å². The number of hydrogen-bond acceptors (Lipinski definition) is 7. The third kappa shape index (κ3) is 4.63. The fraction of sp³-hybridized carbons (Fsp3) is 0.694. The molecule has 1 N–H and O–H groups in total. The van der Waals surface area contributed by atoms with Gasteiger partial charge >= 0.3 is 11.9 Å². The van der Waals surface area contributed by atoms with E-state index in [4.69, 9.17) is 14.2 Å². The van der Waals surface area contributed by atoms with E-state index in [0.29, 0.717) is 24.8 Å². The van der Waals surface area contributed by atoms with Crippen molar-refractivity contribution in [1.82, 2.24) is 0 Å². The van der Waals surface area contributed by atoms with Crippen molar-refractivity contribution in [2.45, 2.75) is 111 Å². The zero-order valence-electron chi connectivity index (χ0n) is 27.4. The fourth-order valence-corrected chi connectivity index (χ4v) is 9.43. The lowest BCUT2D eigenvalue weighted by Crippen LogP contribution is -2.74. The van der Waals surface area contributed by atoms with Crippen molar-refractivity contribution in [3.05, 3.63) is 47.0 Å². The number of allylic oxidation sites excluding steroid dienone is 1. The van der Waals surface area contributed by atoms with Crippen LogP contribution in [0.2, 0.25) is 0 Å². The van der Waals surface area contributed by atoms with E-state index in [0.717, 1.165) is 5.57 Å². The lowest BCUT2D eigenvalue weighted by Gasteiger charge is -2.64. The number of carbonyl (C=O) groups is 3. The maximum atomic E-state index is 14.6. The Bertz CT molecular complexity index is 1320. The monoisotopic (exact) mass is 594 g/mol. The summed E-state index contributed by atoms with van der Waals surface area (Å²) in [6.45, 7) is 18.2. The van der Waals surface area contributed by atoms with E-state index >= 15 is 0 Å². The van der Waals surface area contributed by atoms with Crippen LogP contribution in [0.15, 0.2) is 41.5 Å². The molecule has 5 rings (SSSR count). The maximum Gasteiger partial charge on any atom is 0.338 e. The first-order chi connectivity index (χ1) is 20.0. The summed E-state index contributed by atoms with van der Waals surface area (Å²) in [6.07, 6.45) is 0.439. The number of carbonyl (C=O) groups excluding carboxylic acids is 3. The van der Waals surface area contributed by atoms with Gasteiger partial charge in [-0.1, -0.05) is 77.8 Å². The average molecular weight is 595 g/mol. The third-order valence-electron chi connectivity index (χ3n) is 12.5. The van der Waals surface area contributed by atoms with E-state index in [-0.39, 0.29) is 48.6 Å². The van der Waals surface area contributed by atoms with Crippen molar-refractivity contribution < 1.29 is 33.7 Å².